The number of aryl methyl sites for hydroxylation is 1. The standard InChI is InChI=1S/C20H20N4O3S/c1-10-8-13(9-27-3)15-16-17(28-20(15)21-10)19(26)24-18(23-16)12-4-6-14(7-5-12)22-11(2)25/h4-8,18,23H,9H2,1-3H3,(H,22,25)(H,24,26). The number of aromatic nitrogens is 1. The van der Waals surface area contributed by atoms with Crippen LogP contribution in [0.2, 0.25) is 0 Å². The molecule has 2 amide bonds. The molecule has 3 heterocycles. The van der Waals surface area contributed by atoms with Crippen LogP contribution >= 0.6 is 11.3 Å². The van der Waals surface area contributed by atoms with Crippen molar-refractivity contribution in [3.8, 4) is 0 Å². The second-order valence-electron chi connectivity index (χ2n) is 6.70. The number of benzene rings is 1. The SMILES string of the molecule is COCc1cc(C)nc2sc3c(c12)NC(c1ccc(NC(C)=O)cc1)NC3=O. The number of anilines is 2. The summed E-state index contributed by atoms with van der Waals surface area (Å²) >= 11 is 1.38. The molecule has 7 nitrogen and oxygen atoms in total. The number of hydrogen-bond donors (Lipinski definition) is 3. The molecule has 1 aliphatic heterocycles. The van der Waals surface area contributed by atoms with Crippen molar-refractivity contribution in [1.29, 1.82) is 0 Å². The van der Waals surface area contributed by atoms with Gasteiger partial charge in [0, 0.05) is 30.8 Å². The van der Waals surface area contributed by atoms with E-state index in [1.54, 1.807) is 7.11 Å². The van der Waals surface area contributed by atoms with Crippen LogP contribution in [0.1, 0.15) is 39.6 Å². The second kappa shape index (κ2) is 7.21. The fourth-order valence-electron chi connectivity index (χ4n) is 3.39. The summed E-state index contributed by atoms with van der Waals surface area (Å²) in [4.78, 5) is 30.0. The molecule has 0 fully saturated rings. The van der Waals surface area contributed by atoms with Crippen LogP contribution < -0.4 is 16.0 Å². The van der Waals surface area contributed by atoms with Gasteiger partial charge >= 0.3 is 0 Å². The zero-order valence-corrected chi connectivity index (χ0v) is 16.6. The first-order valence-corrected chi connectivity index (χ1v) is 9.65. The highest BCUT2D eigenvalue weighted by molar-refractivity contribution is 7.21. The van der Waals surface area contributed by atoms with Gasteiger partial charge < -0.3 is 20.7 Å². The Morgan fingerprint density at radius 3 is 2.71 bits per heavy atom. The summed E-state index contributed by atoms with van der Waals surface area (Å²) < 4.78 is 5.35. The monoisotopic (exact) mass is 396 g/mol. The summed E-state index contributed by atoms with van der Waals surface area (Å²) in [6, 6.07) is 9.37. The number of thiophene rings is 1. The van der Waals surface area contributed by atoms with Gasteiger partial charge in [-0.1, -0.05) is 12.1 Å². The number of ether oxygens (including phenoxy) is 1. The summed E-state index contributed by atoms with van der Waals surface area (Å²) in [6.07, 6.45) is -0.374. The lowest BCUT2D eigenvalue weighted by atomic mass is 10.1. The molecule has 0 saturated carbocycles. The predicted molar refractivity (Wildman–Crippen MR) is 110 cm³/mol. The van der Waals surface area contributed by atoms with Gasteiger partial charge in [-0.3, -0.25) is 9.59 Å². The molecule has 8 heteroatoms. The van der Waals surface area contributed by atoms with Crippen molar-refractivity contribution in [2.45, 2.75) is 26.6 Å². The van der Waals surface area contributed by atoms with Gasteiger partial charge in [-0.05, 0) is 36.2 Å². The summed E-state index contributed by atoms with van der Waals surface area (Å²) in [6.45, 7) is 3.85. The van der Waals surface area contributed by atoms with Gasteiger partial charge in [-0.15, -0.1) is 11.3 Å². The first-order valence-electron chi connectivity index (χ1n) is 8.83. The van der Waals surface area contributed by atoms with E-state index in [1.165, 1.54) is 18.3 Å². The highest BCUT2D eigenvalue weighted by atomic mass is 32.1. The molecular formula is C20H20N4O3S. The fourth-order valence-corrected chi connectivity index (χ4v) is 4.52. The summed E-state index contributed by atoms with van der Waals surface area (Å²) in [5.41, 5.74) is 4.29. The number of amides is 2. The fraction of sp³-hybridized carbons (Fsp3) is 0.250. The minimum Gasteiger partial charge on any atom is -0.380 e. The van der Waals surface area contributed by atoms with E-state index in [9.17, 15) is 9.59 Å². The van der Waals surface area contributed by atoms with Crippen LogP contribution in [0.15, 0.2) is 30.3 Å². The van der Waals surface area contributed by atoms with Crippen LogP contribution in [0.4, 0.5) is 11.4 Å². The van der Waals surface area contributed by atoms with E-state index < -0.39 is 0 Å². The van der Waals surface area contributed by atoms with Gasteiger partial charge in [0.1, 0.15) is 15.9 Å². The van der Waals surface area contributed by atoms with Crippen LogP contribution in [0.25, 0.3) is 10.2 Å². The van der Waals surface area contributed by atoms with Crippen molar-refractivity contribution in [2.24, 2.45) is 0 Å². The third-order valence-electron chi connectivity index (χ3n) is 4.51. The maximum Gasteiger partial charge on any atom is 0.265 e. The molecule has 1 aromatic carbocycles. The molecule has 0 spiro atoms. The molecule has 4 rings (SSSR count). The van der Waals surface area contributed by atoms with Crippen LogP contribution in [0, 0.1) is 6.92 Å². The first kappa shape index (κ1) is 18.4. The van der Waals surface area contributed by atoms with Crippen LogP contribution in [-0.2, 0) is 16.1 Å². The smallest absolute Gasteiger partial charge is 0.265 e. The summed E-state index contributed by atoms with van der Waals surface area (Å²) in [7, 11) is 1.65. The largest absolute Gasteiger partial charge is 0.380 e. The van der Waals surface area contributed by atoms with Crippen LogP contribution in [0.5, 0.6) is 0 Å². The number of pyridine rings is 1. The highest BCUT2D eigenvalue weighted by Crippen LogP contribution is 2.41. The Kier molecular flexibility index (Phi) is 4.74. The average molecular weight is 396 g/mol. The number of carbonyl (C=O) groups is 2. The molecule has 1 unspecified atom stereocenters. The predicted octanol–water partition coefficient (Wildman–Crippen LogP) is 3.56. The highest BCUT2D eigenvalue weighted by Gasteiger charge is 2.30. The average Bonchev–Trinajstić information content (AvgIpc) is 3.01. The molecule has 1 atom stereocenters. The molecule has 0 saturated heterocycles. The third-order valence-corrected chi connectivity index (χ3v) is 5.59. The van der Waals surface area contributed by atoms with Crippen molar-refractivity contribution in [3.05, 3.63) is 52.0 Å². The molecule has 3 N–H and O–H groups in total. The number of fused-ring (bicyclic) bond motifs is 3. The summed E-state index contributed by atoms with van der Waals surface area (Å²) in [5.74, 6) is -0.256. The second-order valence-corrected chi connectivity index (χ2v) is 7.70. The Morgan fingerprint density at radius 1 is 1.29 bits per heavy atom. The zero-order chi connectivity index (χ0) is 19.8. The van der Waals surface area contributed by atoms with Crippen LogP contribution in [0.3, 0.4) is 0 Å². The molecule has 0 bridgehead atoms. The van der Waals surface area contributed by atoms with E-state index in [0.717, 1.165) is 32.7 Å². The first-order chi connectivity index (χ1) is 13.5. The molecule has 0 aliphatic carbocycles. The topological polar surface area (TPSA) is 92.3 Å². The Morgan fingerprint density at radius 2 is 2.04 bits per heavy atom. The van der Waals surface area contributed by atoms with Gasteiger partial charge in [0.2, 0.25) is 5.91 Å². The Hall–Kier alpha value is -2.97. The number of nitrogens with zero attached hydrogens (tertiary/aromatic N) is 1. The molecule has 1 aliphatic rings. The number of hydrogen-bond acceptors (Lipinski definition) is 6. The quantitative estimate of drug-likeness (QED) is 0.627. The van der Waals surface area contributed by atoms with Crippen molar-refractivity contribution < 1.29 is 14.3 Å². The van der Waals surface area contributed by atoms with Gasteiger partial charge in [0.15, 0.2) is 0 Å². The van der Waals surface area contributed by atoms with E-state index in [0.29, 0.717) is 17.2 Å². The minimum atomic E-state index is -0.374. The van der Waals surface area contributed by atoms with E-state index in [1.807, 2.05) is 37.3 Å². The maximum atomic E-state index is 12.7. The van der Waals surface area contributed by atoms with Crippen molar-refractivity contribution in [1.82, 2.24) is 10.3 Å². The molecular weight excluding hydrogens is 376 g/mol. The third kappa shape index (κ3) is 3.32. The lowest BCUT2D eigenvalue weighted by Crippen LogP contribution is -2.37. The maximum absolute atomic E-state index is 12.7. The lowest BCUT2D eigenvalue weighted by Gasteiger charge is -2.27. The minimum absolute atomic E-state index is 0.125. The molecule has 0 radical (unpaired) electrons. The number of carbonyl (C=O) groups excluding carboxylic acids is 2. The van der Waals surface area contributed by atoms with Gasteiger partial charge in [-0.2, -0.15) is 0 Å². The number of methoxy groups -OCH3 is 1. The van der Waals surface area contributed by atoms with Gasteiger partial charge in [0.25, 0.3) is 5.91 Å². The van der Waals surface area contributed by atoms with Crippen LogP contribution in [-0.4, -0.2) is 23.9 Å². The van der Waals surface area contributed by atoms with Crippen molar-refractivity contribution in [2.75, 3.05) is 17.7 Å². The number of nitrogens with one attached hydrogen (secondary N) is 3. The normalized spacial score (nSPS) is 15.7. The number of rotatable bonds is 4. The van der Waals surface area contributed by atoms with E-state index in [4.69, 9.17) is 4.74 Å². The molecule has 3 aromatic rings. The van der Waals surface area contributed by atoms with Crippen molar-refractivity contribution >= 4 is 44.7 Å². The Bertz CT molecular complexity index is 1080. The van der Waals surface area contributed by atoms with Crippen molar-refractivity contribution in [3.63, 3.8) is 0 Å². The van der Waals surface area contributed by atoms with Gasteiger partial charge in [-0.25, -0.2) is 4.98 Å². The van der Waals surface area contributed by atoms with E-state index in [-0.39, 0.29) is 18.0 Å². The summed E-state index contributed by atoms with van der Waals surface area (Å²) in [5, 5.41) is 10.1. The Balaban J connectivity index is 1.73. The molecule has 28 heavy (non-hydrogen) atoms. The Labute approximate surface area is 166 Å². The lowest BCUT2D eigenvalue weighted by molar-refractivity contribution is -0.114. The van der Waals surface area contributed by atoms with Gasteiger partial charge in [0.05, 0.1) is 12.3 Å². The molecule has 2 aromatic heterocycles. The van der Waals surface area contributed by atoms with E-state index in [2.05, 4.69) is 20.9 Å². The molecule has 144 valence electrons. The van der Waals surface area contributed by atoms with E-state index >= 15 is 0 Å². The zero-order valence-electron chi connectivity index (χ0n) is 15.8.